The first kappa shape index (κ1) is 14.5. The zero-order valence-electron chi connectivity index (χ0n) is 11.4. The van der Waals surface area contributed by atoms with Gasteiger partial charge in [0.1, 0.15) is 6.10 Å². The van der Waals surface area contributed by atoms with Crippen molar-refractivity contribution in [2.24, 2.45) is 0 Å². The van der Waals surface area contributed by atoms with E-state index in [1.165, 1.54) is 71.1 Å². The van der Waals surface area contributed by atoms with Crippen LogP contribution in [0, 0.1) is 0 Å². The van der Waals surface area contributed by atoms with Gasteiger partial charge in [-0.05, 0) is 25.7 Å². The normalized spacial score (nSPS) is 21.9. The molecule has 2 heteroatoms. The van der Waals surface area contributed by atoms with Gasteiger partial charge in [-0.25, -0.2) is 0 Å². The fourth-order valence-electron chi connectivity index (χ4n) is 2.66. The van der Waals surface area contributed by atoms with Crippen LogP contribution in [-0.4, -0.2) is 12.1 Å². The SMILES string of the molecule is CC(=O)OC1CCCCCCCCCCCC1. The van der Waals surface area contributed by atoms with E-state index in [2.05, 4.69) is 0 Å². The number of rotatable bonds is 1. The van der Waals surface area contributed by atoms with Crippen LogP contribution >= 0.6 is 0 Å². The molecule has 1 fully saturated rings. The number of hydrogen-bond acceptors (Lipinski definition) is 2. The minimum Gasteiger partial charge on any atom is -0.463 e. The Balaban J connectivity index is 2.28. The van der Waals surface area contributed by atoms with E-state index < -0.39 is 0 Å². The largest absolute Gasteiger partial charge is 0.463 e. The zero-order valence-corrected chi connectivity index (χ0v) is 11.4. The van der Waals surface area contributed by atoms with Crippen molar-refractivity contribution in [2.45, 2.75) is 90.1 Å². The third-order valence-electron chi connectivity index (χ3n) is 3.63. The Labute approximate surface area is 106 Å². The van der Waals surface area contributed by atoms with Crippen molar-refractivity contribution in [3.05, 3.63) is 0 Å². The van der Waals surface area contributed by atoms with E-state index >= 15 is 0 Å². The van der Waals surface area contributed by atoms with Gasteiger partial charge in [-0.3, -0.25) is 4.79 Å². The molecule has 17 heavy (non-hydrogen) atoms. The first-order valence-corrected chi connectivity index (χ1v) is 7.46. The first-order valence-electron chi connectivity index (χ1n) is 7.46. The van der Waals surface area contributed by atoms with Crippen LogP contribution < -0.4 is 0 Å². The lowest BCUT2D eigenvalue weighted by molar-refractivity contribution is -0.147. The molecular formula is C15H28O2. The van der Waals surface area contributed by atoms with Crippen LogP contribution in [0.5, 0.6) is 0 Å². The highest BCUT2D eigenvalue weighted by molar-refractivity contribution is 5.66. The molecule has 0 amide bonds. The molecule has 1 saturated carbocycles. The predicted octanol–water partition coefficient (Wildman–Crippen LogP) is 4.61. The number of carbonyl (C=O) groups is 1. The summed E-state index contributed by atoms with van der Waals surface area (Å²) >= 11 is 0. The van der Waals surface area contributed by atoms with E-state index in [1.807, 2.05) is 0 Å². The Morgan fingerprint density at radius 2 is 1.12 bits per heavy atom. The lowest BCUT2D eigenvalue weighted by atomic mass is 10.0. The summed E-state index contributed by atoms with van der Waals surface area (Å²) in [6.07, 6.45) is 15.7. The summed E-state index contributed by atoms with van der Waals surface area (Å²) in [6, 6.07) is 0. The minimum atomic E-state index is -0.112. The summed E-state index contributed by atoms with van der Waals surface area (Å²) < 4.78 is 5.39. The topological polar surface area (TPSA) is 26.3 Å². The molecular weight excluding hydrogens is 212 g/mol. The summed E-state index contributed by atoms with van der Waals surface area (Å²) in [4.78, 5) is 11.0. The van der Waals surface area contributed by atoms with E-state index in [1.54, 1.807) is 0 Å². The van der Waals surface area contributed by atoms with Crippen LogP contribution in [0.3, 0.4) is 0 Å². The predicted molar refractivity (Wildman–Crippen MR) is 71.0 cm³/mol. The Morgan fingerprint density at radius 3 is 1.47 bits per heavy atom. The average Bonchev–Trinajstić information content (AvgIpc) is 2.30. The van der Waals surface area contributed by atoms with Gasteiger partial charge in [0.05, 0.1) is 0 Å². The molecule has 0 atom stereocenters. The molecule has 0 saturated heterocycles. The molecule has 0 spiro atoms. The van der Waals surface area contributed by atoms with E-state index in [0.29, 0.717) is 0 Å². The van der Waals surface area contributed by atoms with E-state index in [-0.39, 0.29) is 12.1 Å². The molecule has 1 aliphatic rings. The van der Waals surface area contributed by atoms with Gasteiger partial charge in [0, 0.05) is 6.92 Å². The second-order valence-electron chi connectivity index (χ2n) is 5.34. The average molecular weight is 240 g/mol. The third kappa shape index (κ3) is 8.23. The summed E-state index contributed by atoms with van der Waals surface area (Å²) in [5.74, 6) is -0.112. The molecule has 1 aliphatic carbocycles. The summed E-state index contributed by atoms with van der Waals surface area (Å²) in [5, 5.41) is 0. The molecule has 0 N–H and O–H groups in total. The number of esters is 1. The fraction of sp³-hybridized carbons (Fsp3) is 0.933. The second kappa shape index (κ2) is 9.49. The van der Waals surface area contributed by atoms with E-state index in [4.69, 9.17) is 4.74 Å². The molecule has 0 unspecified atom stereocenters. The van der Waals surface area contributed by atoms with Crippen molar-refractivity contribution in [2.75, 3.05) is 0 Å². The van der Waals surface area contributed by atoms with Crippen LogP contribution in [0.25, 0.3) is 0 Å². The lowest BCUT2D eigenvalue weighted by Crippen LogP contribution is -2.16. The highest BCUT2D eigenvalue weighted by atomic mass is 16.5. The summed E-state index contributed by atoms with van der Waals surface area (Å²) in [5.41, 5.74) is 0. The van der Waals surface area contributed by atoms with Gasteiger partial charge in [0.2, 0.25) is 0 Å². The fourth-order valence-corrected chi connectivity index (χ4v) is 2.66. The van der Waals surface area contributed by atoms with Gasteiger partial charge in [0.25, 0.3) is 0 Å². The van der Waals surface area contributed by atoms with Gasteiger partial charge >= 0.3 is 5.97 Å². The lowest BCUT2D eigenvalue weighted by Gasteiger charge is -2.16. The summed E-state index contributed by atoms with van der Waals surface area (Å²) in [7, 11) is 0. The maximum Gasteiger partial charge on any atom is 0.302 e. The summed E-state index contributed by atoms with van der Waals surface area (Å²) in [6.45, 7) is 1.53. The Kier molecular flexibility index (Phi) is 8.12. The zero-order chi connectivity index (χ0) is 12.3. The van der Waals surface area contributed by atoms with Gasteiger partial charge in [0.15, 0.2) is 0 Å². The van der Waals surface area contributed by atoms with Crippen molar-refractivity contribution >= 4 is 5.97 Å². The number of ether oxygens (including phenoxy) is 1. The smallest absolute Gasteiger partial charge is 0.302 e. The maximum atomic E-state index is 11.0. The van der Waals surface area contributed by atoms with E-state index in [9.17, 15) is 4.79 Å². The van der Waals surface area contributed by atoms with Gasteiger partial charge in [-0.15, -0.1) is 0 Å². The molecule has 2 nitrogen and oxygen atoms in total. The van der Waals surface area contributed by atoms with Gasteiger partial charge in [-0.1, -0.05) is 51.4 Å². The van der Waals surface area contributed by atoms with Crippen LogP contribution in [0.1, 0.15) is 84.0 Å². The van der Waals surface area contributed by atoms with E-state index in [0.717, 1.165) is 12.8 Å². The molecule has 0 aromatic carbocycles. The molecule has 0 aromatic heterocycles. The highest BCUT2D eigenvalue weighted by Crippen LogP contribution is 2.18. The standard InChI is InChI=1S/C15H28O2/c1-14(16)17-15-12-10-8-6-4-2-3-5-7-9-11-13-15/h15H,2-13H2,1H3. The van der Waals surface area contributed by atoms with Crippen LogP contribution in [0.4, 0.5) is 0 Å². The first-order chi connectivity index (χ1) is 8.29. The van der Waals surface area contributed by atoms with Crippen molar-refractivity contribution in [3.8, 4) is 0 Å². The van der Waals surface area contributed by atoms with Gasteiger partial charge in [-0.2, -0.15) is 0 Å². The van der Waals surface area contributed by atoms with Crippen molar-refractivity contribution in [3.63, 3.8) is 0 Å². The van der Waals surface area contributed by atoms with Gasteiger partial charge < -0.3 is 4.74 Å². The van der Waals surface area contributed by atoms with Crippen molar-refractivity contribution in [1.82, 2.24) is 0 Å². The molecule has 100 valence electrons. The molecule has 0 aliphatic heterocycles. The number of carbonyl (C=O) groups excluding carboxylic acids is 1. The maximum absolute atomic E-state index is 11.0. The van der Waals surface area contributed by atoms with Crippen LogP contribution in [-0.2, 0) is 9.53 Å². The van der Waals surface area contributed by atoms with Crippen LogP contribution in [0.2, 0.25) is 0 Å². The molecule has 0 bridgehead atoms. The molecule has 0 heterocycles. The number of hydrogen-bond donors (Lipinski definition) is 0. The molecule has 0 aromatic rings. The third-order valence-corrected chi connectivity index (χ3v) is 3.63. The highest BCUT2D eigenvalue weighted by Gasteiger charge is 2.11. The Hall–Kier alpha value is -0.530. The Morgan fingerprint density at radius 1 is 0.765 bits per heavy atom. The molecule has 1 rings (SSSR count). The quantitative estimate of drug-likeness (QED) is 0.625. The Bertz CT molecular complexity index is 187. The van der Waals surface area contributed by atoms with Crippen LogP contribution in [0.15, 0.2) is 0 Å². The second-order valence-corrected chi connectivity index (χ2v) is 5.34. The van der Waals surface area contributed by atoms with Crippen molar-refractivity contribution in [1.29, 1.82) is 0 Å². The monoisotopic (exact) mass is 240 g/mol. The van der Waals surface area contributed by atoms with Crippen molar-refractivity contribution < 1.29 is 9.53 Å². The minimum absolute atomic E-state index is 0.112. The molecule has 0 radical (unpaired) electrons.